The number of halogens is 1. The molecule has 6 rings (SSSR count). The highest BCUT2D eigenvalue weighted by atomic mass is 79.9. The molecule has 6 heteroatoms. The van der Waals surface area contributed by atoms with E-state index in [1.165, 1.54) is 19.3 Å². The molecule has 152 valence electrons. The lowest BCUT2D eigenvalue weighted by molar-refractivity contribution is -0.157. The van der Waals surface area contributed by atoms with E-state index >= 15 is 0 Å². The Kier molecular flexibility index (Phi) is 4.61. The van der Waals surface area contributed by atoms with E-state index in [2.05, 4.69) is 26.1 Å². The molecule has 0 aromatic carbocycles. The van der Waals surface area contributed by atoms with Gasteiger partial charge in [-0.15, -0.1) is 0 Å². The summed E-state index contributed by atoms with van der Waals surface area (Å²) in [4.78, 5) is 28.1. The zero-order chi connectivity index (χ0) is 19.4. The number of nitrogens with zero attached hydrogens (tertiary/aromatic N) is 1. The molecule has 2 amide bonds. The average Bonchev–Trinajstić information content (AvgIpc) is 3.17. The zero-order valence-electron chi connectivity index (χ0n) is 16.3. The van der Waals surface area contributed by atoms with Crippen molar-refractivity contribution in [3.05, 3.63) is 24.2 Å². The van der Waals surface area contributed by atoms with E-state index in [0.717, 1.165) is 49.7 Å². The van der Waals surface area contributed by atoms with Crippen LogP contribution in [-0.4, -0.2) is 34.1 Å². The maximum Gasteiger partial charge on any atom is 0.228 e. The Bertz CT molecular complexity index is 740. The molecule has 28 heavy (non-hydrogen) atoms. The number of rotatable bonds is 4. The Labute approximate surface area is 174 Å². The molecule has 1 aromatic heterocycles. The third kappa shape index (κ3) is 3.31. The van der Waals surface area contributed by atoms with E-state index in [4.69, 9.17) is 4.42 Å². The number of carbonyl (C=O) groups is 2. The highest BCUT2D eigenvalue weighted by Gasteiger charge is 2.60. The van der Waals surface area contributed by atoms with Crippen molar-refractivity contribution < 1.29 is 14.0 Å². The predicted molar refractivity (Wildman–Crippen MR) is 109 cm³/mol. The molecular formula is C22H29BrN2O3. The van der Waals surface area contributed by atoms with Crippen molar-refractivity contribution in [2.45, 2.75) is 62.2 Å². The van der Waals surface area contributed by atoms with Crippen LogP contribution in [0.15, 0.2) is 22.8 Å². The second kappa shape index (κ2) is 6.89. The van der Waals surface area contributed by atoms with Crippen LogP contribution in [0.25, 0.3) is 0 Å². The van der Waals surface area contributed by atoms with Crippen molar-refractivity contribution in [1.29, 1.82) is 0 Å². The molecule has 2 unspecified atom stereocenters. The minimum Gasteiger partial charge on any atom is -0.467 e. The maximum absolute atomic E-state index is 13.5. The summed E-state index contributed by atoms with van der Waals surface area (Å²) in [5.74, 6) is 2.66. The van der Waals surface area contributed by atoms with Gasteiger partial charge in [0.1, 0.15) is 5.76 Å². The van der Waals surface area contributed by atoms with Crippen LogP contribution in [0.1, 0.15) is 57.1 Å². The Balaban J connectivity index is 1.18. The van der Waals surface area contributed by atoms with Gasteiger partial charge in [0, 0.05) is 23.3 Å². The normalized spacial score (nSPS) is 37.2. The summed E-state index contributed by atoms with van der Waals surface area (Å²) < 4.78 is 5.48. The first-order chi connectivity index (χ1) is 13.4. The number of piperidine rings is 1. The van der Waals surface area contributed by atoms with Crippen LogP contribution in [0.5, 0.6) is 0 Å². The fourth-order valence-corrected chi connectivity index (χ4v) is 8.27. The van der Waals surface area contributed by atoms with Gasteiger partial charge in [0.25, 0.3) is 0 Å². The lowest BCUT2D eigenvalue weighted by Gasteiger charge is -2.60. The molecule has 5 aliphatic rings. The molecule has 5 nitrogen and oxygen atoms in total. The fraction of sp³-hybridized carbons (Fsp3) is 0.727. The van der Waals surface area contributed by atoms with Crippen molar-refractivity contribution >= 4 is 27.7 Å². The van der Waals surface area contributed by atoms with Crippen LogP contribution in [0, 0.1) is 23.2 Å². The summed E-state index contributed by atoms with van der Waals surface area (Å²) in [6.45, 7) is 1.86. The van der Waals surface area contributed by atoms with Gasteiger partial charge >= 0.3 is 0 Å². The predicted octanol–water partition coefficient (Wildman–Crippen LogP) is 3.87. The summed E-state index contributed by atoms with van der Waals surface area (Å²) in [7, 11) is 0. The fourth-order valence-electron chi connectivity index (χ4n) is 6.81. The molecular weight excluding hydrogens is 420 g/mol. The number of carbonyl (C=O) groups excluding carboxylic acids is 2. The van der Waals surface area contributed by atoms with E-state index in [1.807, 2.05) is 12.1 Å². The van der Waals surface area contributed by atoms with E-state index in [0.29, 0.717) is 25.5 Å². The summed E-state index contributed by atoms with van der Waals surface area (Å²) in [5.41, 5.74) is -0.137. The van der Waals surface area contributed by atoms with Gasteiger partial charge in [-0.2, -0.15) is 0 Å². The monoisotopic (exact) mass is 448 g/mol. The topological polar surface area (TPSA) is 62.6 Å². The van der Waals surface area contributed by atoms with Gasteiger partial charge < -0.3 is 14.6 Å². The summed E-state index contributed by atoms with van der Waals surface area (Å²) >= 11 is 4.02. The van der Waals surface area contributed by atoms with Crippen LogP contribution < -0.4 is 5.32 Å². The average molecular weight is 449 g/mol. The second-order valence-corrected chi connectivity index (χ2v) is 11.4. The van der Waals surface area contributed by atoms with Crippen LogP contribution in [0.4, 0.5) is 0 Å². The number of alkyl halides is 1. The SMILES string of the molecule is O=C(NCc1ccco1)C1CCN(C(=O)C23CC4CC(CC(Br)(C4)C2)C3)CC1. The van der Waals surface area contributed by atoms with Gasteiger partial charge in [-0.1, -0.05) is 15.9 Å². The van der Waals surface area contributed by atoms with Crippen LogP contribution in [0.3, 0.4) is 0 Å². The molecule has 4 aliphatic carbocycles. The minimum absolute atomic E-state index is 0.00195. The van der Waals surface area contributed by atoms with Gasteiger partial charge in [-0.05, 0) is 75.3 Å². The first-order valence-electron chi connectivity index (χ1n) is 10.7. The molecule has 0 spiro atoms. The molecule has 4 bridgehead atoms. The second-order valence-electron chi connectivity index (χ2n) is 9.76. The smallest absolute Gasteiger partial charge is 0.228 e. The Hall–Kier alpha value is -1.30. The minimum atomic E-state index is -0.137. The molecule has 2 heterocycles. The Morgan fingerprint density at radius 3 is 2.50 bits per heavy atom. The lowest BCUT2D eigenvalue weighted by atomic mass is 9.49. The standard InChI is InChI=1S/C22H29BrN2O3/c23-22-11-15-8-16(12-22)10-21(9-15,14-22)20(27)25-5-3-17(4-6-25)19(26)24-13-18-2-1-7-28-18/h1-2,7,15-17H,3-6,8-14H2,(H,24,26). The van der Waals surface area contributed by atoms with Gasteiger partial charge in [-0.25, -0.2) is 0 Å². The number of furan rings is 1. The first-order valence-corrected chi connectivity index (χ1v) is 11.5. The van der Waals surface area contributed by atoms with Crippen molar-refractivity contribution in [1.82, 2.24) is 10.2 Å². The molecule has 1 N–H and O–H groups in total. The molecule has 1 saturated heterocycles. The largest absolute Gasteiger partial charge is 0.467 e. The molecule has 4 saturated carbocycles. The van der Waals surface area contributed by atoms with Crippen LogP contribution in [-0.2, 0) is 16.1 Å². The van der Waals surface area contributed by atoms with Crippen LogP contribution in [0.2, 0.25) is 0 Å². The maximum atomic E-state index is 13.5. The van der Waals surface area contributed by atoms with Gasteiger partial charge in [0.15, 0.2) is 0 Å². The van der Waals surface area contributed by atoms with E-state index in [1.54, 1.807) is 6.26 Å². The molecule has 1 aromatic rings. The van der Waals surface area contributed by atoms with E-state index in [-0.39, 0.29) is 21.6 Å². The van der Waals surface area contributed by atoms with Gasteiger partial charge in [0.05, 0.1) is 18.2 Å². The van der Waals surface area contributed by atoms with Crippen molar-refractivity contribution in [3.63, 3.8) is 0 Å². The lowest BCUT2D eigenvalue weighted by Crippen LogP contribution is -2.59. The highest BCUT2D eigenvalue weighted by molar-refractivity contribution is 9.10. The van der Waals surface area contributed by atoms with E-state index in [9.17, 15) is 9.59 Å². The molecule has 1 aliphatic heterocycles. The number of hydrogen-bond donors (Lipinski definition) is 1. The van der Waals surface area contributed by atoms with E-state index < -0.39 is 0 Å². The number of hydrogen-bond acceptors (Lipinski definition) is 3. The van der Waals surface area contributed by atoms with Gasteiger partial charge in [0.2, 0.25) is 11.8 Å². The Morgan fingerprint density at radius 2 is 1.89 bits per heavy atom. The number of amides is 2. The number of likely N-dealkylation sites (tertiary alicyclic amines) is 1. The van der Waals surface area contributed by atoms with Gasteiger partial charge in [-0.3, -0.25) is 9.59 Å². The van der Waals surface area contributed by atoms with Crippen molar-refractivity contribution in [2.75, 3.05) is 13.1 Å². The third-order valence-electron chi connectivity index (χ3n) is 7.61. The summed E-state index contributed by atoms with van der Waals surface area (Å²) in [6, 6.07) is 3.69. The Morgan fingerprint density at radius 1 is 1.18 bits per heavy atom. The summed E-state index contributed by atoms with van der Waals surface area (Å²) in [5, 5.41) is 2.97. The van der Waals surface area contributed by atoms with Crippen LogP contribution >= 0.6 is 15.9 Å². The zero-order valence-corrected chi connectivity index (χ0v) is 17.9. The molecule has 0 radical (unpaired) electrons. The first kappa shape index (κ1) is 18.7. The quantitative estimate of drug-likeness (QED) is 0.710. The molecule has 5 fully saturated rings. The highest BCUT2D eigenvalue weighted by Crippen LogP contribution is 2.64. The van der Waals surface area contributed by atoms with Crippen molar-refractivity contribution in [3.8, 4) is 0 Å². The third-order valence-corrected chi connectivity index (χ3v) is 8.54. The summed E-state index contributed by atoms with van der Waals surface area (Å²) in [6.07, 6.45) is 10.1. The van der Waals surface area contributed by atoms with Crippen molar-refractivity contribution in [2.24, 2.45) is 23.2 Å². The number of nitrogens with one attached hydrogen (secondary N) is 1. The molecule has 2 atom stereocenters.